The van der Waals surface area contributed by atoms with Crippen molar-refractivity contribution in [1.29, 1.82) is 0 Å². The van der Waals surface area contributed by atoms with Crippen LogP contribution < -0.4 is 19.8 Å². The van der Waals surface area contributed by atoms with Crippen LogP contribution in [0.15, 0.2) is 59.9 Å². The van der Waals surface area contributed by atoms with E-state index in [1.807, 2.05) is 6.26 Å². The number of nitrogens with zero attached hydrogens (tertiary/aromatic N) is 3. The normalized spacial score (nSPS) is 15.5. The highest BCUT2D eigenvalue weighted by atomic mass is 35.5. The number of methoxy groups -OCH3 is 1. The van der Waals surface area contributed by atoms with Crippen LogP contribution in [-0.2, 0) is 31.6 Å². The Morgan fingerprint density at radius 1 is 1.18 bits per heavy atom. The first-order valence-corrected chi connectivity index (χ1v) is 16.6. The maximum atomic E-state index is 13.4. The third-order valence-corrected chi connectivity index (χ3v) is 9.18. The smallest absolute Gasteiger partial charge is 0.416 e. The fraction of sp³-hybridized carbons (Fsp3) is 0.414. The van der Waals surface area contributed by atoms with Gasteiger partial charge in [0.2, 0.25) is 0 Å². The predicted octanol–water partition coefficient (Wildman–Crippen LogP) is 6.90. The molecule has 0 spiro atoms. The first kappa shape index (κ1) is 35.0. The lowest BCUT2D eigenvalue weighted by molar-refractivity contribution is -0.149. The van der Waals surface area contributed by atoms with Crippen molar-refractivity contribution >= 4 is 49.4 Å². The SMILES string of the molecule is COC(COP(NC(C)C(=O)OCc1ccccc1C(F)(F)F)Oc1ccc(Cl)cc1)CC(C)N1CNc2c(SC)ncnc21. The number of carbonyl (C=O) groups is 1. The van der Waals surface area contributed by atoms with Gasteiger partial charge in [0.15, 0.2) is 5.82 Å². The van der Waals surface area contributed by atoms with Crippen LogP contribution in [-0.4, -0.2) is 60.8 Å². The highest BCUT2D eigenvalue weighted by Crippen LogP contribution is 2.39. The number of hydrogen-bond acceptors (Lipinski definition) is 11. The Bertz CT molecular complexity index is 1430. The van der Waals surface area contributed by atoms with Crippen LogP contribution >= 0.6 is 31.9 Å². The maximum Gasteiger partial charge on any atom is 0.416 e. The Hall–Kier alpha value is -2.87. The van der Waals surface area contributed by atoms with Crippen molar-refractivity contribution in [3.05, 3.63) is 71.0 Å². The average molecular weight is 688 g/mol. The van der Waals surface area contributed by atoms with Crippen LogP contribution in [0, 0.1) is 0 Å². The van der Waals surface area contributed by atoms with Crippen molar-refractivity contribution in [3.63, 3.8) is 0 Å². The van der Waals surface area contributed by atoms with E-state index in [2.05, 4.69) is 32.2 Å². The first-order chi connectivity index (χ1) is 21.5. The van der Waals surface area contributed by atoms with E-state index >= 15 is 0 Å². The van der Waals surface area contributed by atoms with E-state index in [0.717, 1.165) is 22.6 Å². The van der Waals surface area contributed by atoms with E-state index in [1.54, 1.807) is 49.5 Å². The molecule has 2 aromatic carbocycles. The molecule has 4 rings (SSSR count). The zero-order valence-corrected chi connectivity index (χ0v) is 27.5. The molecule has 0 saturated carbocycles. The summed E-state index contributed by atoms with van der Waals surface area (Å²) in [5.41, 5.74) is -0.111. The molecule has 2 heterocycles. The van der Waals surface area contributed by atoms with Gasteiger partial charge in [0.1, 0.15) is 35.4 Å². The van der Waals surface area contributed by atoms with Gasteiger partial charge in [-0.3, -0.25) is 4.79 Å². The van der Waals surface area contributed by atoms with Crippen LogP contribution in [0.2, 0.25) is 5.02 Å². The fourth-order valence-corrected chi connectivity index (χ4v) is 6.33. The molecule has 0 saturated heterocycles. The molecule has 3 aromatic rings. The number of halogens is 4. The molecule has 2 N–H and O–H groups in total. The third kappa shape index (κ3) is 9.57. The summed E-state index contributed by atoms with van der Waals surface area (Å²) >= 11 is 7.55. The molecule has 4 atom stereocenters. The Morgan fingerprint density at radius 3 is 2.60 bits per heavy atom. The summed E-state index contributed by atoms with van der Waals surface area (Å²) in [5.74, 6) is 0.480. The monoisotopic (exact) mass is 687 g/mol. The molecule has 16 heteroatoms. The van der Waals surface area contributed by atoms with Gasteiger partial charge in [-0.2, -0.15) is 13.2 Å². The van der Waals surface area contributed by atoms with Crippen LogP contribution in [0.25, 0.3) is 0 Å². The van der Waals surface area contributed by atoms with E-state index < -0.39 is 38.9 Å². The molecule has 0 amide bonds. The van der Waals surface area contributed by atoms with E-state index in [1.165, 1.54) is 25.1 Å². The Labute approximate surface area is 270 Å². The zero-order valence-electron chi connectivity index (χ0n) is 25.0. The molecule has 0 radical (unpaired) electrons. The summed E-state index contributed by atoms with van der Waals surface area (Å²) in [6.07, 6.45) is -0.844. The highest BCUT2D eigenvalue weighted by Gasteiger charge is 2.34. The summed E-state index contributed by atoms with van der Waals surface area (Å²) in [4.78, 5) is 23.7. The molecule has 4 unspecified atom stereocenters. The summed E-state index contributed by atoms with van der Waals surface area (Å²) < 4.78 is 63.2. The summed E-state index contributed by atoms with van der Waals surface area (Å²) in [6, 6.07) is 10.6. The predicted molar refractivity (Wildman–Crippen MR) is 168 cm³/mol. The van der Waals surface area contributed by atoms with Crippen molar-refractivity contribution in [2.45, 2.75) is 56.3 Å². The minimum atomic E-state index is -4.57. The second-order valence-electron chi connectivity index (χ2n) is 10.0. The van der Waals surface area contributed by atoms with Crippen LogP contribution in [0.1, 0.15) is 31.4 Å². The van der Waals surface area contributed by atoms with Crippen molar-refractivity contribution < 1.29 is 36.5 Å². The largest absolute Gasteiger partial charge is 0.460 e. The Balaban J connectivity index is 1.38. The lowest BCUT2D eigenvalue weighted by Gasteiger charge is -2.29. The van der Waals surface area contributed by atoms with Crippen molar-refractivity contribution in [2.24, 2.45) is 0 Å². The van der Waals surface area contributed by atoms with E-state index in [0.29, 0.717) is 23.9 Å². The number of esters is 1. The molecule has 10 nitrogen and oxygen atoms in total. The number of aromatic nitrogens is 2. The lowest BCUT2D eigenvalue weighted by atomic mass is 10.1. The van der Waals surface area contributed by atoms with Gasteiger partial charge >= 0.3 is 20.7 Å². The molecular weight excluding hydrogens is 654 g/mol. The molecule has 1 aliphatic heterocycles. The summed E-state index contributed by atoms with van der Waals surface area (Å²) in [6.45, 7) is 3.71. The van der Waals surface area contributed by atoms with Gasteiger partial charge in [-0.1, -0.05) is 29.8 Å². The highest BCUT2D eigenvalue weighted by molar-refractivity contribution is 7.98. The van der Waals surface area contributed by atoms with Crippen molar-refractivity contribution in [3.8, 4) is 5.75 Å². The van der Waals surface area contributed by atoms with Gasteiger partial charge in [-0.25, -0.2) is 15.1 Å². The van der Waals surface area contributed by atoms with Gasteiger partial charge in [-0.15, -0.1) is 11.8 Å². The number of nitrogens with one attached hydrogen (secondary N) is 2. The van der Waals surface area contributed by atoms with Gasteiger partial charge in [-0.05, 0) is 56.9 Å². The number of rotatable bonds is 15. The summed E-state index contributed by atoms with van der Waals surface area (Å²) in [7, 11) is -0.351. The first-order valence-electron chi connectivity index (χ1n) is 13.9. The number of anilines is 2. The summed E-state index contributed by atoms with van der Waals surface area (Å²) in [5, 5.41) is 7.71. The van der Waals surface area contributed by atoms with Gasteiger partial charge in [0.05, 0.1) is 24.9 Å². The average Bonchev–Trinajstić information content (AvgIpc) is 3.47. The van der Waals surface area contributed by atoms with E-state index in [4.69, 9.17) is 30.1 Å². The number of fused-ring (bicyclic) bond motifs is 1. The minimum Gasteiger partial charge on any atom is -0.460 e. The lowest BCUT2D eigenvalue weighted by Crippen LogP contribution is -2.38. The Morgan fingerprint density at radius 2 is 1.91 bits per heavy atom. The number of carbonyl (C=O) groups excluding carboxylic acids is 1. The van der Waals surface area contributed by atoms with Crippen molar-refractivity contribution in [2.75, 3.05) is 36.9 Å². The second-order valence-corrected chi connectivity index (χ2v) is 12.5. The van der Waals surface area contributed by atoms with Crippen LogP contribution in [0.3, 0.4) is 0 Å². The number of thioether (sulfide) groups is 1. The number of alkyl halides is 3. The van der Waals surface area contributed by atoms with Gasteiger partial charge in [0, 0.05) is 23.7 Å². The van der Waals surface area contributed by atoms with Crippen molar-refractivity contribution in [1.82, 2.24) is 15.1 Å². The molecule has 1 aromatic heterocycles. The van der Waals surface area contributed by atoms with Gasteiger partial charge < -0.3 is 28.7 Å². The molecule has 0 fully saturated rings. The fourth-order valence-electron chi connectivity index (χ4n) is 4.47. The quantitative estimate of drug-likeness (QED) is 0.0755. The molecule has 1 aliphatic rings. The molecule has 0 bridgehead atoms. The molecule has 244 valence electrons. The van der Waals surface area contributed by atoms with E-state index in [9.17, 15) is 18.0 Å². The second kappa shape index (κ2) is 16.1. The van der Waals surface area contributed by atoms with Crippen LogP contribution in [0.4, 0.5) is 24.7 Å². The third-order valence-electron chi connectivity index (χ3n) is 6.88. The molecular formula is C29H34ClF3N5O5PS. The number of benzene rings is 2. The number of ether oxygens (including phenoxy) is 2. The topological polar surface area (TPSA) is 107 Å². The number of hydrogen-bond donors (Lipinski definition) is 2. The minimum absolute atomic E-state index is 0.0155. The van der Waals surface area contributed by atoms with E-state index in [-0.39, 0.29) is 24.3 Å². The Kier molecular flexibility index (Phi) is 12.5. The van der Waals surface area contributed by atoms with Crippen LogP contribution in [0.5, 0.6) is 5.75 Å². The standard InChI is InChI=1S/C29H34ClF3N5O5PS/c1-18(38-17-36-25-26(38)34-16-35-27(25)45-4)13-23(40-3)15-42-44(43-22-11-9-21(30)10-12-22)37-19(2)28(39)41-14-20-7-5-6-8-24(20)29(31,32)33/h5-12,16,18-19,23,36-37H,13-15,17H2,1-4H3. The zero-order chi connectivity index (χ0) is 32.6. The van der Waals surface area contributed by atoms with Gasteiger partial charge in [0.25, 0.3) is 0 Å². The maximum absolute atomic E-state index is 13.4. The molecule has 45 heavy (non-hydrogen) atoms. The molecule has 0 aliphatic carbocycles.